The SMILES string of the molecule is CCN(CCOC)c1ccc(CO)c(C)n1. The van der Waals surface area contributed by atoms with E-state index in [0.717, 1.165) is 30.2 Å². The quantitative estimate of drug-likeness (QED) is 0.792. The molecule has 1 aromatic rings. The number of ether oxygens (including phenoxy) is 1. The zero-order valence-corrected chi connectivity index (χ0v) is 10.2. The molecule has 0 aliphatic carbocycles. The molecule has 0 bridgehead atoms. The fourth-order valence-corrected chi connectivity index (χ4v) is 1.56. The second-order valence-corrected chi connectivity index (χ2v) is 3.64. The Bertz CT molecular complexity index is 329. The average molecular weight is 224 g/mol. The molecule has 0 aliphatic heterocycles. The first-order valence-electron chi connectivity index (χ1n) is 5.54. The molecule has 0 saturated heterocycles. The summed E-state index contributed by atoms with van der Waals surface area (Å²) in [6, 6.07) is 3.87. The number of hydrogen-bond donors (Lipinski definition) is 1. The van der Waals surface area contributed by atoms with Crippen molar-refractivity contribution in [2.75, 3.05) is 31.7 Å². The van der Waals surface area contributed by atoms with Gasteiger partial charge < -0.3 is 14.7 Å². The molecular weight excluding hydrogens is 204 g/mol. The summed E-state index contributed by atoms with van der Waals surface area (Å²) in [5, 5.41) is 9.07. The predicted molar refractivity (Wildman–Crippen MR) is 64.7 cm³/mol. The van der Waals surface area contributed by atoms with Gasteiger partial charge in [-0.15, -0.1) is 0 Å². The third-order valence-corrected chi connectivity index (χ3v) is 2.62. The fraction of sp³-hybridized carbons (Fsp3) is 0.583. The van der Waals surface area contributed by atoms with Gasteiger partial charge in [-0.3, -0.25) is 0 Å². The second kappa shape index (κ2) is 6.45. The van der Waals surface area contributed by atoms with Crippen LogP contribution >= 0.6 is 0 Å². The second-order valence-electron chi connectivity index (χ2n) is 3.64. The molecule has 0 radical (unpaired) electrons. The molecule has 0 spiro atoms. The third-order valence-electron chi connectivity index (χ3n) is 2.62. The van der Waals surface area contributed by atoms with Gasteiger partial charge in [0.2, 0.25) is 0 Å². The van der Waals surface area contributed by atoms with E-state index in [4.69, 9.17) is 9.84 Å². The van der Waals surface area contributed by atoms with Crippen LogP contribution in [0.15, 0.2) is 12.1 Å². The first-order chi connectivity index (χ1) is 7.72. The lowest BCUT2D eigenvalue weighted by molar-refractivity contribution is 0.205. The summed E-state index contributed by atoms with van der Waals surface area (Å²) in [6.45, 7) is 6.47. The van der Waals surface area contributed by atoms with Gasteiger partial charge >= 0.3 is 0 Å². The summed E-state index contributed by atoms with van der Waals surface area (Å²) in [6.07, 6.45) is 0. The number of likely N-dealkylation sites (N-methyl/N-ethyl adjacent to an activating group) is 1. The van der Waals surface area contributed by atoms with Gasteiger partial charge in [0.05, 0.1) is 13.2 Å². The van der Waals surface area contributed by atoms with Crippen LogP contribution in [0, 0.1) is 6.92 Å². The maximum absolute atomic E-state index is 9.07. The van der Waals surface area contributed by atoms with Crippen molar-refractivity contribution in [1.82, 2.24) is 4.98 Å². The molecule has 1 heterocycles. The normalized spacial score (nSPS) is 10.5. The monoisotopic (exact) mass is 224 g/mol. The number of pyridine rings is 1. The highest BCUT2D eigenvalue weighted by Crippen LogP contribution is 2.14. The Morgan fingerprint density at radius 2 is 2.19 bits per heavy atom. The van der Waals surface area contributed by atoms with E-state index in [1.54, 1.807) is 7.11 Å². The van der Waals surface area contributed by atoms with Gasteiger partial charge in [0.1, 0.15) is 5.82 Å². The summed E-state index contributed by atoms with van der Waals surface area (Å²) in [4.78, 5) is 6.63. The van der Waals surface area contributed by atoms with Gasteiger partial charge in [-0.05, 0) is 25.5 Å². The number of nitrogens with zero attached hydrogens (tertiary/aromatic N) is 2. The predicted octanol–water partition coefficient (Wildman–Crippen LogP) is 1.36. The Hall–Kier alpha value is -1.13. The Morgan fingerprint density at radius 1 is 1.44 bits per heavy atom. The van der Waals surface area contributed by atoms with Gasteiger partial charge in [-0.1, -0.05) is 6.07 Å². The van der Waals surface area contributed by atoms with Crippen molar-refractivity contribution in [3.63, 3.8) is 0 Å². The molecule has 0 aliphatic rings. The smallest absolute Gasteiger partial charge is 0.128 e. The molecule has 0 fully saturated rings. The number of methoxy groups -OCH3 is 1. The molecule has 0 unspecified atom stereocenters. The van der Waals surface area contributed by atoms with E-state index in [9.17, 15) is 0 Å². The third kappa shape index (κ3) is 3.18. The maximum Gasteiger partial charge on any atom is 0.128 e. The lowest BCUT2D eigenvalue weighted by atomic mass is 10.2. The van der Waals surface area contributed by atoms with Gasteiger partial charge in [-0.25, -0.2) is 4.98 Å². The zero-order chi connectivity index (χ0) is 12.0. The molecule has 16 heavy (non-hydrogen) atoms. The first-order valence-corrected chi connectivity index (χ1v) is 5.54. The Balaban J connectivity index is 2.80. The summed E-state index contributed by atoms with van der Waals surface area (Å²) < 4.78 is 5.06. The number of aliphatic hydroxyl groups excluding tert-OH is 1. The van der Waals surface area contributed by atoms with E-state index in [0.29, 0.717) is 6.61 Å². The standard InChI is InChI=1S/C12H20N2O2/c1-4-14(7-8-16-3)12-6-5-11(9-15)10(2)13-12/h5-6,15H,4,7-9H2,1-3H3. The van der Waals surface area contributed by atoms with Crippen molar-refractivity contribution in [2.45, 2.75) is 20.5 Å². The van der Waals surface area contributed by atoms with E-state index in [2.05, 4.69) is 16.8 Å². The molecule has 0 atom stereocenters. The molecule has 1 aromatic heterocycles. The van der Waals surface area contributed by atoms with E-state index < -0.39 is 0 Å². The number of anilines is 1. The van der Waals surface area contributed by atoms with Gasteiger partial charge in [0, 0.05) is 25.9 Å². The number of aromatic nitrogens is 1. The molecule has 4 heteroatoms. The number of aliphatic hydroxyl groups is 1. The van der Waals surface area contributed by atoms with Crippen molar-refractivity contribution in [3.8, 4) is 0 Å². The van der Waals surface area contributed by atoms with Crippen LogP contribution in [0.4, 0.5) is 5.82 Å². The number of rotatable bonds is 6. The molecule has 0 aromatic carbocycles. The molecule has 0 saturated carbocycles. The summed E-state index contributed by atoms with van der Waals surface area (Å²) in [5.74, 6) is 0.939. The van der Waals surface area contributed by atoms with Crippen molar-refractivity contribution in [3.05, 3.63) is 23.4 Å². The zero-order valence-electron chi connectivity index (χ0n) is 10.2. The molecule has 1 rings (SSSR count). The van der Waals surface area contributed by atoms with Crippen LogP contribution in [0.25, 0.3) is 0 Å². The average Bonchev–Trinajstić information content (AvgIpc) is 2.30. The van der Waals surface area contributed by atoms with E-state index >= 15 is 0 Å². The van der Waals surface area contributed by atoms with Crippen molar-refractivity contribution >= 4 is 5.82 Å². The summed E-state index contributed by atoms with van der Waals surface area (Å²) in [5.41, 5.74) is 1.77. The van der Waals surface area contributed by atoms with E-state index in [1.807, 2.05) is 19.1 Å². The molecule has 1 N–H and O–H groups in total. The van der Waals surface area contributed by atoms with Crippen LogP contribution in [0.5, 0.6) is 0 Å². The van der Waals surface area contributed by atoms with Gasteiger partial charge in [0.15, 0.2) is 0 Å². The van der Waals surface area contributed by atoms with Crippen molar-refractivity contribution in [2.24, 2.45) is 0 Å². The molecule has 4 nitrogen and oxygen atoms in total. The van der Waals surface area contributed by atoms with E-state index in [-0.39, 0.29) is 6.61 Å². The lowest BCUT2D eigenvalue weighted by Crippen LogP contribution is -2.27. The molecular formula is C12H20N2O2. The van der Waals surface area contributed by atoms with Crippen LogP contribution in [-0.2, 0) is 11.3 Å². The minimum absolute atomic E-state index is 0.0449. The van der Waals surface area contributed by atoms with Crippen LogP contribution in [0.2, 0.25) is 0 Å². The summed E-state index contributed by atoms with van der Waals surface area (Å²) >= 11 is 0. The summed E-state index contributed by atoms with van der Waals surface area (Å²) in [7, 11) is 1.70. The Morgan fingerprint density at radius 3 is 2.69 bits per heavy atom. The topological polar surface area (TPSA) is 45.6 Å². The van der Waals surface area contributed by atoms with Crippen molar-refractivity contribution < 1.29 is 9.84 Å². The highest BCUT2D eigenvalue weighted by Gasteiger charge is 2.07. The largest absolute Gasteiger partial charge is 0.392 e. The number of hydrogen-bond acceptors (Lipinski definition) is 4. The highest BCUT2D eigenvalue weighted by atomic mass is 16.5. The van der Waals surface area contributed by atoms with Crippen LogP contribution < -0.4 is 4.90 Å². The Labute approximate surface area is 96.9 Å². The van der Waals surface area contributed by atoms with Gasteiger partial charge in [-0.2, -0.15) is 0 Å². The minimum atomic E-state index is 0.0449. The molecule has 90 valence electrons. The first kappa shape index (κ1) is 12.9. The van der Waals surface area contributed by atoms with Gasteiger partial charge in [0.25, 0.3) is 0 Å². The van der Waals surface area contributed by atoms with Crippen LogP contribution in [0.3, 0.4) is 0 Å². The highest BCUT2D eigenvalue weighted by molar-refractivity contribution is 5.41. The minimum Gasteiger partial charge on any atom is -0.392 e. The lowest BCUT2D eigenvalue weighted by Gasteiger charge is -2.22. The fourth-order valence-electron chi connectivity index (χ4n) is 1.56. The maximum atomic E-state index is 9.07. The van der Waals surface area contributed by atoms with Crippen LogP contribution in [-0.4, -0.2) is 36.9 Å². The molecule has 0 amide bonds. The Kier molecular flexibility index (Phi) is 5.22. The van der Waals surface area contributed by atoms with Crippen LogP contribution in [0.1, 0.15) is 18.2 Å². The van der Waals surface area contributed by atoms with E-state index in [1.165, 1.54) is 0 Å². The number of aryl methyl sites for hydroxylation is 1. The van der Waals surface area contributed by atoms with Crippen molar-refractivity contribution in [1.29, 1.82) is 0 Å².